The predicted molar refractivity (Wildman–Crippen MR) is 227 cm³/mol. The molecular formula is C42H82F3N2O9PSi. The number of alkyl halides is 3. The number of nitriles is 1. The molecule has 0 bridgehead atoms. The molecule has 0 spiro atoms. The van der Waals surface area contributed by atoms with E-state index in [1.54, 1.807) is 21.0 Å². The first kappa shape index (κ1) is 55.5. The highest BCUT2D eigenvalue weighted by atomic mass is 31.2. The molecule has 1 N–H and O–H groups in total. The monoisotopic (exact) mass is 875 g/mol. The second-order valence-corrected chi connectivity index (χ2v) is 24.4. The Bertz CT molecular complexity index is 1150. The van der Waals surface area contributed by atoms with Gasteiger partial charge in [-0.2, -0.15) is 5.26 Å². The number of nitrogens with zero attached hydrogens (tertiary/aromatic N) is 2. The van der Waals surface area contributed by atoms with Gasteiger partial charge in [0.25, 0.3) is 8.53 Å². The van der Waals surface area contributed by atoms with E-state index in [2.05, 4.69) is 72.3 Å². The van der Waals surface area contributed by atoms with Crippen LogP contribution in [0.25, 0.3) is 0 Å². The number of halogens is 3. The zero-order valence-electron chi connectivity index (χ0n) is 38.7. The smallest absolute Gasteiger partial charge is 0.259 e. The highest BCUT2D eigenvalue weighted by molar-refractivity contribution is 7.44. The van der Waals surface area contributed by atoms with Crippen molar-refractivity contribution in [2.45, 2.75) is 188 Å². The number of ether oxygens (including phenoxy) is 5. The summed E-state index contributed by atoms with van der Waals surface area (Å²) in [6, 6.07) is 2.07. The highest BCUT2D eigenvalue weighted by Gasteiger charge is 2.48. The van der Waals surface area contributed by atoms with Gasteiger partial charge in [0.05, 0.1) is 57.2 Å². The maximum atomic E-state index is 15.0. The van der Waals surface area contributed by atoms with Crippen LogP contribution in [-0.4, -0.2) is 139 Å². The van der Waals surface area contributed by atoms with Crippen LogP contribution in [0.2, 0.25) is 18.1 Å². The van der Waals surface area contributed by atoms with Gasteiger partial charge in [-0.25, -0.2) is 17.8 Å². The van der Waals surface area contributed by atoms with Gasteiger partial charge < -0.3 is 42.3 Å². The summed E-state index contributed by atoms with van der Waals surface area (Å²) in [4.78, 5) is 0. The van der Waals surface area contributed by atoms with Gasteiger partial charge in [-0.3, -0.25) is 0 Å². The van der Waals surface area contributed by atoms with E-state index in [0.29, 0.717) is 19.8 Å². The van der Waals surface area contributed by atoms with Gasteiger partial charge in [0.2, 0.25) is 0 Å². The van der Waals surface area contributed by atoms with Crippen molar-refractivity contribution in [3.05, 3.63) is 0 Å². The van der Waals surface area contributed by atoms with Crippen LogP contribution in [0.4, 0.5) is 13.2 Å². The van der Waals surface area contributed by atoms with Crippen LogP contribution in [-0.2, 0) is 37.2 Å². The third-order valence-corrected chi connectivity index (χ3v) is 17.8. The number of methoxy groups -OCH3 is 2. The molecular weight excluding hydrogens is 793 g/mol. The van der Waals surface area contributed by atoms with E-state index in [9.17, 15) is 18.3 Å². The van der Waals surface area contributed by atoms with Crippen molar-refractivity contribution in [2.75, 3.05) is 53.7 Å². The summed E-state index contributed by atoms with van der Waals surface area (Å²) < 4.78 is 90.8. The van der Waals surface area contributed by atoms with Crippen LogP contribution in [0.5, 0.6) is 0 Å². The Labute approximate surface area is 352 Å². The Kier molecular flexibility index (Phi) is 25.7. The summed E-state index contributed by atoms with van der Waals surface area (Å²) >= 11 is 0. The maximum absolute atomic E-state index is 15.0. The Hall–Kier alpha value is -0.473. The summed E-state index contributed by atoms with van der Waals surface area (Å²) in [5.41, 5.74) is 0. The van der Waals surface area contributed by atoms with Crippen molar-refractivity contribution in [2.24, 2.45) is 23.7 Å². The first-order valence-electron chi connectivity index (χ1n) is 21.4. The van der Waals surface area contributed by atoms with Crippen LogP contribution in [0, 0.1) is 35.0 Å². The molecule has 0 aromatic rings. The lowest BCUT2D eigenvalue weighted by Crippen LogP contribution is -2.56. The molecule has 0 aromatic carbocycles. The van der Waals surface area contributed by atoms with Gasteiger partial charge in [-0.15, -0.1) is 0 Å². The van der Waals surface area contributed by atoms with Crippen LogP contribution < -0.4 is 0 Å². The van der Waals surface area contributed by atoms with Crippen molar-refractivity contribution in [1.29, 1.82) is 5.26 Å². The minimum atomic E-state index is -1.97. The minimum absolute atomic E-state index is 0.0789. The van der Waals surface area contributed by atoms with Crippen LogP contribution in [0.15, 0.2) is 0 Å². The highest BCUT2D eigenvalue weighted by Crippen LogP contribution is 2.47. The van der Waals surface area contributed by atoms with E-state index in [0.717, 1.165) is 25.9 Å². The van der Waals surface area contributed by atoms with Crippen molar-refractivity contribution in [1.82, 2.24) is 4.67 Å². The quantitative estimate of drug-likeness (QED) is 0.0856. The largest absolute Gasteiger partial charge is 0.408 e. The van der Waals surface area contributed by atoms with E-state index in [-0.39, 0.29) is 60.0 Å². The topological polar surface area (TPSA) is 121 Å². The molecule has 2 unspecified atom stereocenters. The first-order chi connectivity index (χ1) is 27.0. The fourth-order valence-electron chi connectivity index (χ4n) is 6.55. The molecule has 3 rings (SSSR count). The Balaban J connectivity index is 0.000000461. The van der Waals surface area contributed by atoms with Gasteiger partial charge in [0.15, 0.2) is 8.32 Å². The van der Waals surface area contributed by atoms with Crippen molar-refractivity contribution < 1.29 is 55.4 Å². The maximum Gasteiger partial charge on any atom is 0.259 e. The molecule has 344 valence electrons. The fourth-order valence-corrected chi connectivity index (χ4v) is 9.62. The van der Waals surface area contributed by atoms with Gasteiger partial charge in [-0.05, 0) is 50.7 Å². The summed E-state index contributed by atoms with van der Waals surface area (Å²) in [7, 11) is -0.331. The van der Waals surface area contributed by atoms with Crippen molar-refractivity contribution in [3.63, 3.8) is 0 Å². The molecule has 3 aliphatic heterocycles. The SMILES string of the molecule is CC(C)[C@H]1OC[C@@H](C)[C@H](F)C1O[Si](C)(C)C(C)(C)C.CCCN(CCC)P(OCCC#N)O[C@H]1[C@@H](F)[C@H](C)CO[C@@H]1[C@@H](C)OC.CO[C@H](C)[C@H]1OC[C@@H](C)[C@H](F)[C@@H]1O. The molecule has 0 aromatic heterocycles. The number of hydrogen-bond acceptors (Lipinski definition) is 11. The van der Waals surface area contributed by atoms with Gasteiger partial charge in [0.1, 0.15) is 49.0 Å². The van der Waals surface area contributed by atoms with Crippen LogP contribution in [0.1, 0.15) is 102 Å². The molecule has 16 heteroatoms. The van der Waals surface area contributed by atoms with Gasteiger partial charge >= 0.3 is 0 Å². The molecule has 0 saturated carbocycles. The normalized spacial score (nSPS) is 33.6. The molecule has 11 nitrogen and oxygen atoms in total. The van der Waals surface area contributed by atoms with E-state index >= 15 is 0 Å². The van der Waals surface area contributed by atoms with E-state index in [4.69, 9.17) is 42.4 Å². The molecule has 0 aliphatic carbocycles. The molecule has 0 radical (unpaired) electrons. The average molecular weight is 875 g/mol. The van der Waals surface area contributed by atoms with Gasteiger partial charge in [0, 0.05) is 45.1 Å². The van der Waals surface area contributed by atoms with Crippen LogP contribution >= 0.6 is 8.53 Å². The van der Waals surface area contributed by atoms with E-state index in [1.165, 1.54) is 7.11 Å². The zero-order valence-corrected chi connectivity index (χ0v) is 40.6. The standard InChI is InChI=1S/C18H34FN2O4P.C15H31FO2Si.C9H17FO3/c1-6-10-21(11-7-2)26(24-12-8-9-20)25-18-16(19)14(3)13-23-17(18)15(4)22-5;1-10(2)13-14(12(16)11(3)9-17-13)18-19(7,8)15(4,5)6;1-5-4-13-9(6(2)12-3)8(11)7(5)10/h14-18H,6-8,10-13H2,1-5H3;10-14H,9H2,1-8H3;5-9,11H,4H2,1-3H3/t14-,15-,16+,17-,18+,26?;11-,12+,13-,14?;5-,6-,7+,8+,9-/m111/s1. The number of aliphatic hydroxyl groups is 1. The summed E-state index contributed by atoms with van der Waals surface area (Å²) in [5, 5.41) is 18.4. The molecule has 58 heavy (non-hydrogen) atoms. The number of rotatable bonds is 17. The summed E-state index contributed by atoms with van der Waals surface area (Å²) in [6.07, 6.45) is -5.07. The second kappa shape index (κ2) is 26.9. The Morgan fingerprint density at radius 2 is 1.24 bits per heavy atom. The molecule has 15 atom stereocenters. The van der Waals surface area contributed by atoms with Crippen LogP contribution in [0.3, 0.4) is 0 Å². The second-order valence-electron chi connectivity index (χ2n) is 18.1. The summed E-state index contributed by atoms with van der Waals surface area (Å²) in [5.74, 6) is -0.289. The Morgan fingerprint density at radius 1 is 0.793 bits per heavy atom. The minimum Gasteiger partial charge on any atom is -0.408 e. The third-order valence-electron chi connectivity index (χ3n) is 11.6. The van der Waals surface area contributed by atoms with Gasteiger partial charge in [-0.1, -0.05) is 69.2 Å². The summed E-state index contributed by atoms with van der Waals surface area (Å²) in [6.45, 7) is 31.4. The van der Waals surface area contributed by atoms with Crippen molar-refractivity contribution in [3.8, 4) is 6.07 Å². The molecule has 0 amide bonds. The van der Waals surface area contributed by atoms with E-state index in [1.807, 2.05) is 20.8 Å². The first-order valence-corrected chi connectivity index (χ1v) is 25.5. The van der Waals surface area contributed by atoms with E-state index < -0.39 is 65.9 Å². The predicted octanol–water partition coefficient (Wildman–Crippen LogP) is 9.22. The lowest BCUT2D eigenvalue weighted by atomic mass is 9.90. The van der Waals surface area contributed by atoms with Crippen molar-refractivity contribution >= 4 is 16.8 Å². The number of hydrogen-bond donors (Lipinski definition) is 1. The third kappa shape index (κ3) is 16.7. The lowest BCUT2D eigenvalue weighted by Gasteiger charge is -2.46. The number of aliphatic hydroxyl groups excluding tert-OH is 1. The molecule has 3 fully saturated rings. The molecule has 3 aliphatic rings. The fraction of sp³-hybridized carbons (Fsp3) is 0.976. The lowest BCUT2D eigenvalue weighted by molar-refractivity contribution is -0.174. The zero-order chi connectivity index (χ0) is 44.5. The molecule has 3 saturated heterocycles. The Morgan fingerprint density at radius 3 is 1.69 bits per heavy atom. The molecule has 3 heterocycles. The average Bonchev–Trinajstić information content (AvgIpc) is 3.16.